The highest BCUT2D eigenvalue weighted by molar-refractivity contribution is 5.88. The second kappa shape index (κ2) is 8.14. The summed E-state index contributed by atoms with van der Waals surface area (Å²) in [6.07, 6.45) is 1.83. The molecular weight excluding hydrogens is 386 g/mol. The van der Waals surface area contributed by atoms with Gasteiger partial charge < -0.3 is 9.84 Å². The maximum Gasteiger partial charge on any atom is 0.273 e. The molecule has 1 fully saturated rings. The normalized spacial score (nSPS) is 18.3. The van der Waals surface area contributed by atoms with Crippen molar-refractivity contribution in [1.82, 2.24) is 5.43 Å². The average Bonchev–Trinajstić information content (AvgIpc) is 3.49. The standard InChI is InChI=1S/C22H25N3O5/c1-22(2,3)15-7-5-13(6-8-15)17-11-18(17)21(27)24-23-12-14-9-16(25(28)29)10-19(30-4)20(14)26/h5-10,12,17-18,26H,11H2,1-4H3,(H,24,27)/p-1/t17-,18-/m0/s1. The summed E-state index contributed by atoms with van der Waals surface area (Å²) >= 11 is 0. The van der Waals surface area contributed by atoms with Crippen molar-refractivity contribution in [2.45, 2.75) is 38.5 Å². The Morgan fingerprint density at radius 3 is 2.50 bits per heavy atom. The first kappa shape index (κ1) is 21.3. The number of carbonyl (C=O) groups is 1. The van der Waals surface area contributed by atoms with Gasteiger partial charge in [0.05, 0.1) is 24.3 Å². The van der Waals surface area contributed by atoms with Gasteiger partial charge in [0, 0.05) is 12.0 Å². The summed E-state index contributed by atoms with van der Waals surface area (Å²) in [7, 11) is 1.25. The fraction of sp³-hybridized carbons (Fsp3) is 0.364. The molecule has 0 bridgehead atoms. The SMILES string of the molecule is COc1cc([N+](=O)[O-])cc(C=NNC(=O)[C@H]2C[C@H]2c2ccc(C(C)(C)C)cc2)c1[O-]. The predicted molar refractivity (Wildman–Crippen MR) is 111 cm³/mol. The van der Waals surface area contributed by atoms with Crippen molar-refractivity contribution < 1.29 is 19.6 Å². The van der Waals surface area contributed by atoms with Gasteiger partial charge in [-0.2, -0.15) is 5.10 Å². The Morgan fingerprint density at radius 1 is 1.27 bits per heavy atom. The third kappa shape index (κ3) is 4.59. The molecule has 2 atom stereocenters. The van der Waals surface area contributed by atoms with Crippen LogP contribution in [0, 0.1) is 16.0 Å². The van der Waals surface area contributed by atoms with E-state index in [1.54, 1.807) is 0 Å². The van der Waals surface area contributed by atoms with E-state index in [1.807, 2.05) is 0 Å². The Bertz CT molecular complexity index is 993. The van der Waals surface area contributed by atoms with Crippen LogP contribution in [0.5, 0.6) is 11.5 Å². The smallest absolute Gasteiger partial charge is 0.273 e. The molecule has 1 amide bonds. The summed E-state index contributed by atoms with van der Waals surface area (Å²) < 4.78 is 4.88. The van der Waals surface area contributed by atoms with Gasteiger partial charge in [-0.05, 0) is 34.4 Å². The first-order valence-electron chi connectivity index (χ1n) is 9.58. The molecule has 0 unspecified atom stereocenters. The summed E-state index contributed by atoms with van der Waals surface area (Å²) in [6, 6.07) is 10.4. The maximum atomic E-state index is 12.4. The minimum atomic E-state index is -0.627. The van der Waals surface area contributed by atoms with Crippen LogP contribution in [-0.2, 0) is 10.2 Å². The Labute approximate surface area is 174 Å². The molecule has 8 nitrogen and oxygen atoms in total. The molecule has 0 heterocycles. The Morgan fingerprint density at radius 2 is 1.93 bits per heavy atom. The van der Waals surface area contributed by atoms with Crippen molar-refractivity contribution in [3.8, 4) is 11.5 Å². The van der Waals surface area contributed by atoms with Gasteiger partial charge in [0.25, 0.3) is 5.69 Å². The van der Waals surface area contributed by atoms with E-state index in [0.29, 0.717) is 0 Å². The van der Waals surface area contributed by atoms with Crippen molar-refractivity contribution in [3.05, 3.63) is 63.2 Å². The lowest BCUT2D eigenvalue weighted by Gasteiger charge is -2.19. The van der Waals surface area contributed by atoms with Crippen LogP contribution in [0.3, 0.4) is 0 Å². The number of amides is 1. The number of ether oxygens (including phenoxy) is 1. The summed E-state index contributed by atoms with van der Waals surface area (Å²) in [5.74, 6) is -0.987. The van der Waals surface area contributed by atoms with Gasteiger partial charge in [-0.25, -0.2) is 5.43 Å². The van der Waals surface area contributed by atoms with Crippen LogP contribution < -0.4 is 15.3 Å². The second-order valence-electron chi connectivity index (χ2n) is 8.38. The number of nitro groups is 1. The molecule has 0 saturated heterocycles. The van der Waals surface area contributed by atoms with Crippen LogP contribution in [0.2, 0.25) is 0 Å². The Balaban J connectivity index is 1.64. The molecule has 1 N–H and O–H groups in total. The number of hydrogen-bond acceptors (Lipinski definition) is 6. The number of methoxy groups -OCH3 is 1. The Hall–Kier alpha value is -3.42. The lowest BCUT2D eigenvalue weighted by molar-refractivity contribution is -0.385. The van der Waals surface area contributed by atoms with E-state index in [1.165, 1.54) is 12.7 Å². The maximum absolute atomic E-state index is 12.4. The number of benzene rings is 2. The van der Waals surface area contributed by atoms with Crippen LogP contribution in [-0.4, -0.2) is 24.2 Å². The van der Waals surface area contributed by atoms with Crippen molar-refractivity contribution in [2.75, 3.05) is 7.11 Å². The van der Waals surface area contributed by atoms with E-state index < -0.39 is 10.7 Å². The number of rotatable bonds is 6. The molecule has 1 aliphatic carbocycles. The number of non-ortho nitro benzene ring substituents is 1. The van der Waals surface area contributed by atoms with Gasteiger partial charge in [-0.3, -0.25) is 14.9 Å². The number of carbonyl (C=O) groups excluding carboxylic acids is 1. The predicted octanol–water partition coefficient (Wildman–Crippen LogP) is 3.23. The van der Waals surface area contributed by atoms with Crippen molar-refractivity contribution in [3.63, 3.8) is 0 Å². The molecule has 0 radical (unpaired) electrons. The molecule has 8 heteroatoms. The van der Waals surface area contributed by atoms with Gasteiger partial charge in [-0.1, -0.05) is 50.8 Å². The largest absolute Gasteiger partial charge is 0.870 e. The van der Waals surface area contributed by atoms with Crippen LogP contribution in [0.15, 0.2) is 41.5 Å². The van der Waals surface area contributed by atoms with Crippen LogP contribution in [0.4, 0.5) is 5.69 Å². The lowest BCUT2D eigenvalue weighted by atomic mass is 9.86. The highest BCUT2D eigenvalue weighted by Crippen LogP contribution is 2.47. The summed E-state index contributed by atoms with van der Waals surface area (Å²) in [5.41, 5.74) is 4.51. The van der Waals surface area contributed by atoms with E-state index in [-0.39, 0.29) is 40.2 Å². The monoisotopic (exact) mass is 410 g/mol. The van der Waals surface area contributed by atoms with Crippen molar-refractivity contribution in [2.24, 2.45) is 11.0 Å². The minimum absolute atomic E-state index is 0.0357. The van der Waals surface area contributed by atoms with Crippen LogP contribution in [0.1, 0.15) is 49.8 Å². The van der Waals surface area contributed by atoms with Gasteiger partial charge in [0.2, 0.25) is 5.91 Å². The molecule has 0 aromatic heterocycles. The second-order valence-corrected chi connectivity index (χ2v) is 8.38. The number of nitrogens with zero attached hydrogens (tertiary/aromatic N) is 2. The molecule has 2 aromatic carbocycles. The Kier molecular flexibility index (Phi) is 5.78. The first-order chi connectivity index (χ1) is 14.1. The van der Waals surface area contributed by atoms with E-state index in [0.717, 1.165) is 30.3 Å². The van der Waals surface area contributed by atoms with E-state index >= 15 is 0 Å². The van der Waals surface area contributed by atoms with E-state index in [9.17, 15) is 20.0 Å². The summed E-state index contributed by atoms with van der Waals surface area (Å²) in [5, 5.41) is 27.0. The third-order valence-corrected chi connectivity index (χ3v) is 5.21. The van der Waals surface area contributed by atoms with E-state index in [2.05, 4.69) is 55.6 Å². The molecule has 0 aliphatic heterocycles. The molecule has 158 valence electrons. The zero-order valence-corrected chi connectivity index (χ0v) is 17.3. The van der Waals surface area contributed by atoms with Gasteiger partial charge in [-0.15, -0.1) is 0 Å². The molecule has 1 saturated carbocycles. The summed E-state index contributed by atoms with van der Waals surface area (Å²) in [6.45, 7) is 6.45. The quantitative estimate of drug-likeness (QED) is 0.446. The lowest BCUT2D eigenvalue weighted by Crippen LogP contribution is -2.20. The molecule has 2 aromatic rings. The minimum Gasteiger partial charge on any atom is -0.870 e. The highest BCUT2D eigenvalue weighted by Gasteiger charge is 2.44. The number of hydrazone groups is 1. The van der Waals surface area contributed by atoms with Crippen LogP contribution in [0.25, 0.3) is 0 Å². The first-order valence-corrected chi connectivity index (χ1v) is 9.58. The number of nitrogens with one attached hydrogen (secondary N) is 1. The molecule has 0 spiro atoms. The zero-order chi connectivity index (χ0) is 22.1. The number of nitro benzene ring substituents is 1. The van der Waals surface area contributed by atoms with Crippen molar-refractivity contribution in [1.29, 1.82) is 0 Å². The van der Waals surface area contributed by atoms with Gasteiger partial charge in [0.15, 0.2) is 0 Å². The fourth-order valence-corrected chi connectivity index (χ4v) is 3.29. The topological polar surface area (TPSA) is 117 Å². The highest BCUT2D eigenvalue weighted by atomic mass is 16.6. The van der Waals surface area contributed by atoms with Gasteiger partial charge >= 0.3 is 0 Å². The molecule has 30 heavy (non-hydrogen) atoms. The molecule has 3 rings (SSSR count). The van der Waals surface area contributed by atoms with E-state index in [4.69, 9.17) is 4.74 Å². The average molecular weight is 410 g/mol. The molecule has 1 aliphatic rings. The van der Waals surface area contributed by atoms with Crippen LogP contribution >= 0.6 is 0 Å². The van der Waals surface area contributed by atoms with Gasteiger partial charge in [0.1, 0.15) is 5.75 Å². The third-order valence-electron chi connectivity index (χ3n) is 5.21. The zero-order valence-electron chi connectivity index (χ0n) is 17.3. The molecular formula is C22H24N3O5-. The van der Waals surface area contributed by atoms with Crippen molar-refractivity contribution >= 4 is 17.8 Å². The fourth-order valence-electron chi connectivity index (χ4n) is 3.29. The summed E-state index contributed by atoms with van der Waals surface area (Å²) in [4.78, 5) is 22.7. The number of hydrogen-bond donors (Lipinski definition) is 1.